The number of aromatic nitrogens is 5. The number of tetrazole rings is 1. The number of aromatic amines is 1. The summed E-state index contributed by atoms with van der Waals surface area (Å²) in [6.45, 7) is 12.6. The van der Waals surface area contributed by atoms with Crippen molar-refractivity contribution in [2.75, 3.05) is 13.1 Å². The van der Waals surface area contributed by atoms with E-state index in [0.717, 1.165) is 54.6 Å². The second-order valence-electron chi connectivity index (χ2n) is 9.38. The Labute approximate surface area is 177 Å². The maximum absolute atomic E-state index is 13.3. The Morgan fingerprint density at radius 2 is 1.97 bits per heavy atom. The standard InChI is InChI=1S/C23H32N6O/c1-6-23(4,5)29-21(25-26-27-29)20(28-11-9-15(2)10-12-28)18-14-17-8-7-16(3)13-19(17)24-22(18)30/h7-8,13-15,20H,6,9-12H2,1-5H3,(H,24,30)/t20-/m0/s1. The highest BCUT2D eigenvalue weighted by Gasteiger charge is 2.35. The first kappa shape index (κ1) is 20.7. The Hall–Kier alpha value is -2.54. The van der Waals surface area contributed by atoms with Crippen LogP contribution in [0.2, 0.25) is 0 Å². The molecule has 7 nitrogen and oxygen atoms in total. The Morgan fingerprint density at radius 3 is 2.67 bits per heavy atom. The summed E-state index contributed by atoms with van der Waals surface area (Å²) >= 11 is 0. The van der Waals surface area contributed by atoms with E-state index in [4.69, 9.17) is 0 Å². The Balaban J connectivity index is 1.88. The minimum absolute atomic E-state index is 0.0689. The number of benzene rings is 1. The number of likely N-dealkylation sites (tertiary alicyclic amines) is 1. The number of nitrogens with zero attached hydrogens (tertiary/aromatic N) is 5. The first-order chi connectivity index (χ1) is 14.3. The summed E-state index contributed by atoms with van der Waals surface area (Å²) < 4.78 is 1.91. The molecule has 3 aromatic rings. The van der Waals surface area contributed by atoms with Crippen molar-refractivity contribution >= 4 is 10.9 Å². The van der Waals surface area contributed by atoms with Crippen molar-refractivity contribution < 1.29 is 0 Å². The van der Waals surface area contributed by atoms with Crippen LogP contribution in [0.25, 0.3) is 10.9 Å². The summed E-state index contributed by atoms with van der Waals surface area (Å²) in [4.78, 5) is 18.7. The van der Waals surface area contributed by atoms with E-state index in [1.165, 1.54) is 0 Å². The molecule has 0 unspecified atom stereocenters. The van der Waals surface area contributed by atoms with Crippen molar-refractivity contribution in [2.24, 2.45) is 5.92 Å². The third-order valence-corrected chi connectivity index (χ3v) is 6.68. The lowest BCUT2D eigenvalue weighted by atomic mass is 9.94. The van der Waals surface area contributed by atoms with Gasteiger partial charge in [0.25, 0.3) is 5.56 Å². The fraction of sp³-hybridized carbons (Fsp3) is 0.565. The van der Waals surface area contributed by atoms with Crippen LogP contribution in [0.4, 0.5) is 0 Å². The molecule has 4 rings (SSSR count). The van der Waals surface area contributed by atoms with E-state index in [9.17, 15) is 4.79 Å². The summed E-state index contributed by atoms with van der Waals surface area (Å²) in [6.07, 6.45) is 3.11. The van der Waals surface area contributed by atoms with Gasteiger partial charge in [-0.15, -0.1) is 5.10 Å². The zero-order chi connectivity index (χ0) is 21.5. The molecule has 1 aliphatic rings. The van der Waals surface area contributed by atoms with Crippen LogP contribution in [0.15, 0.2) is 29.1 Å². The molecule has 0 bridgehead atoms. The van der Waals surface area contributed by atoms with Gasteiger partial charge < -0.3 is 4.98 Å². The van der Waals surface area contributed by atoms with Crippen molar-refractivity contribution in [1.29, 1.82) is 0 Å². The molecular formula is C23H32N6O. The smallest absolute Gasteiger partial charge is 0.253 e. The van der Waals surface area contributed by atoms with E-state index >= 15 is 0 Å². The van der Waals surface area contributed by atoms with Crippen LogP contribution in [0.3, 0.4) is 0 Å². The zero-order valence-electron chi connectivity index (χ0n) is 18.6. The number of aryl methyl sites for hydroxylation is 1. The fourth-order valence-corrected chi connectivity index (χ4v) is 4.27. The number of hydrogen-bond donors (Lipinski definition) is 1. The van der Waals surface area contributed by atoms with Crippen LogP contribution >= 0.6 is 0 Å². The minimum atomic E-state index is -0.271. The van der Waals surface area contributed by atoms with Crippen molar-refractivity contribution in [3.8, 4) is 0 Å². The van der Waals surface area contributed by atoms with E-state index in [1.54, 1.807) is 0 Å². The van der Waals surface area contributed by atoms with Crippen LogP contribution in [0.1, 0.15) is 70.0 Å². The molecule has 1 fully saturated rings. The molecule has 1 saturated heterocycles. The number of rotatable bonds is 5. The lowest BCUT2D eigenvalue weighted by molar-refractivity contribution is 0.143. The Bertz CT molecular complexity index is 1090. The van der Waals surface area contributed by atoms with Gasteiger partial charge in [-0.3, -0.25) is 9.69 Å². The van der Waals surface area contributed by atoms with Crippen molar-refractivity contribution in [2.45, 2.75) is 65.5 Å². The largest absolute Gasteiger partial charge is 0.322 e. The normalized spacial score (nSPS) is 17.5. The number of H-pyrrole nitrogens is 1. The van der Waals surface area contributed by atoms with E-state index in [-0.39, 0.29) is 17.1 Å². The summed E-state index contributed by atoms with van der Waals surface area (Å²) in [5, 5.41) is 13.8. The van der Waals surface area contributed by atoms with Crippen LogP contribution in [-0.2, 0) is 5.54 Å². The highest BCUT2D eigenvalue weighted by atomic mass is 16.1. The highest BCUT2D eigenvalue weighted by molar-refractivity contribution is 5.79. The van der Waals surface area contributed by atoms with E-state index in [0.29, 0.717) is 11.5 Å². The predicted molar refractivity (Wildman–Crippen MR) is 119 cm³/mol. The van der Waals surface area contributed by atoms with Crippen molar-refractivity contribution in [3.63, 3.8) is 0 Å². The number of piperidine rings is 1. The topological polar surface area (TPSA) is 79.7 Å². The van der Waals surface area contributed by atoms with E-state index in [2.05, 4.69) is 65.2 Å². The monoisotopic (exact) mass is 408 g/mol. The molecule has 160 valence electrons. The maximum atomic E-state index is 13.3. The van der Waals surface area contributed by atoms with Gasteiger partial charge in [-0.1, -0.05) is 26.0 Å². The summed E-state index contributed by atoms with van der Waals surface area (Å²) in [5.74, 6) is 1.44. The first-order valence-electron chi connectivity index (χ1n) is 11.0. The fourth-order valence-electron chi connectivity index (χ4n) is 4.27. The lowest BCUT2D eigenvalue weighted by Crippen LogP contribution is -2.41. The Morgan fingerprint density at radius 1 is 1.23 bits per heavy atom. The molecule has 30 heavy (non-hydrogen) atoms. The number of nitrogens with one attached hydrogen (secondary N) is 1. The molecule has 2 aromatic heterocycles. The van der Waals surface area contributed by atoms with Gasteiger partial charge in [-0.2, -0.15) is 0 Å². The van der Waals surface area contributed by atoms with E-state index < -0.39 is 0 Å². The molecule has 1 aromatic carbocycles. The van der Waals surface area contributed by atoms with Crippen molar-refractivity contribution in [3.05, 3.63) is 51.6 Å². The number of hydrogen-bond acceptors (Lipinski definition) is 5. The summed E-state index contributed by atoms with van der Waals surface area (Å²) in [6, 6.07) is 7.91. The van der Waals surface area contributed by atoms with Crippen molar-refractivity contribution in [1.82, 2.24) is 30.1 Å². The van der Waals surface area contributed by atoms with E-state index in [1.807, 2.05) is 23.7 Å². The van der Waals surface area contributed by atoms with Gasteiger partial charge in [0.1, 0.15) is 6.04 Å². The molecule has 1 N–H and O–H groups in total. The molecule has 3 heterocycles. The van der Waals surface area contributed by atoms with Gasteiger partial charge in [0.15, 0.2) is 5.82 Å². The average Bonchev–Trinajstić information content (AvgIpc) is 3.20. The van der Waals surface area contributed by atoms with Crippen LogP contribution in [-0.4, -0.2) is 43.2 Å². The molecule has 0 saturated carbocycles. The van der Waals surface area contributed by atoms with Gasteiger partial charge in [0.2, 0.25) is 0 Å². The van der Waals surface area contributed by atoms with Gasteiger partial charge in [0.05, 0.1) is 5.54 Å². The SMILES string of the molecule is CCC(C)(C)n1nnnc1[C@H](c1cc2ccc(C)cc2[nH]c1=O)N1CCC(C)CC1. The zero-order valence-corrected chi connectivity index (χ0v) is 18.6. The molecule has 7 heteroatoms. The molecule has 1 atom stereocenters. The molecule has 0 spiro atoms. The third kappa shape index (κ3) is 3.78. The summed E-state index contributed by atoms with van der Waals surface area (Å²) in [7, 11) is 0. The summed E-state index contributed by atoms with van der Waals surface area (Å²) in [5.41, 5.74) is 2.40. The molecule has 0 aliphatic carbocycles. The minimum Gasteiger partial charge on any atom is -0.322 e. The van der Waals surface area contributed by atoms with Gasteiger partial charge in [-0.25, -0.2) is 4.68 Å². The van der Waals surface area contributed by atoms with Crippen LogP contribution in [0.5, 0.6) is 0 Å². The van der Waals surface area contributed by atoms with Gasteiger partial charge >= 0.3 is 0 Å². The van der Waals surface area contributed by atoms with Crippen LogP contribution in [0, 0.1) is 12.8 Å². The maximum Gasteiger partial charge on any atom is 0.253 e. The van der Waals surface area contributed by atoms with Gasteiger partial charge in [0, 0.05) is 11.1 Å². The highest BCUT2D eigenvalue weighted by Crippen LogP contribution is 2.33. The molecule has 0 radical (unpaired) electrons. The second-order valence-corrected chi connectivity index (χ2v) is 9.38. The second kappa shape index (κ2) is 7.95. The average molecular weight is 409 g/mol. The van der Waals surface area contributed by atoms with Gasteiger partial charge in [-0.05, 0) is 92.6 Å². The quantitative estimate of drug-likeness (QED) is 0.695. The van der Waals surface area contributed by atoms with Crippen LogP contribution < -0.4 is 5.56 Å². The molecule has 1 aliphatic heterocycles. The first-order valence-corrected chi connectivity index (χ1v) is 11.0. The lowest BCUT2D eigenvalue weighted by Gasteiger charge is -2.37. The molecular weight excluding hydrogens is 376 g/mol. The third-order valence-electron chi connectivity index (χ3n) is 6.68. The Kier molecular flexibility index (Phi) is 5.49. The number of pyridine rings is 1. The predicted octanol–water partition coefficient (Wildman–Crippen LogP) is 3.79. The number of fused-ring (bicyclic) bond motifs is 1. The molecule has 0 amide bonds.